The summed E-state index contributed by atoms with van der Waals surface area (Å²) >= 11 is 0. The van der Waals surface area contributed by atoms with Crippen LogP contribution in [-0.4, -0.2) is 25.2 Å². The number of nitrogens with one attached hydrogen (secondary N) is 1. The van der Waals surface area contributed by atoms with E-state index >= 15 is 0 Å². The molecule has 0 spiro atoms. The number of carboxylic acid groups (broad SMARTS) is 1. The highest BCUT2D eigenvalue weighted by atomic mass is 32.2. The lowest BCUT2D eigenvalue weighted by atomic mass is 10.1. The number of hydrogen-bond acceptors (Lipinski definition) is 3. The third kappa shape index (κ3) is 4.90. The first kappa shape index (κ1) is 15.6. The van der Waals surface area contributed by atoms with Crippen LogP contribution >= 0.6 is 0 Å². The summed E-state index contributed by atoms with van der Waals surface area (Å²) in [4.78, 5) is 10.5. The Balaban J connectivity index is 2.17. The molecule has 2 N–H and O–H groups in total. The molecule has 2 rings (SSSR count). The Morgan fingerprint density at radius 3 is 2.71 bits per heavy atom. The maximum atomic E-state index is 12.0. The van der Waals surface area contributed by atoms with E-state index in [1.807, 2.05) is 6.92 Å². The topological polar surface area (TPSA) is 83.5 Å². The summed E-state index contributed by atoms with van der Waals surface area (Å²) in [5, 5.41) is 8.62. The smallest absolute Gasteiger partial charge is 0.328 e. The van der Waals surface area contributed by atoms with Crippen LogP contribution in [0.4, 0.5) is 5.69 Å². The molecule has 0 heterocycles. The van der Waals surface area contributed by atoms with E-state index in [9.17, 15) is 13.2 Å². The van der Waals surface area contributed by atoms with Gasteiger partial charge in [-0.05, 0) is 54.5 Å². The molecule has 1 aliphatic carbocycles. The number of rotatable bonds is 7. The van der Waals surface area contributed by atoms with Gasteiger partial charge in [0.15, 0.2) is 0 Å². The zero-order valence-corrected chi connectivity index (χ0v) is 12.7. The molecule has 1 aromatic carbocycles. The summed E-state index contributed by atoms with van der Waals surface area (Å²) in [7, 11) is -3.30. The quantitative estimate of drug-likeness (QED) is 0.758. The lowest BCUT2D eigenvalue weighted by Gasteiger charge is -2.12. The van der Waals surface area contributed by atoms with Gasteiger partial charge in [0.1, 0.15) is 0 Å². The average Bonchev–Trinajstić information content (AvgIpc) is 3.20. The Hall–Kier alpha value is -1.82. The second-order valence-corrected chi connectivity index (χ2v) is 7.04. The molecule has 21 heavy (non-hydrogen) atoms. The van der Waals surface area contributed by atoms with Gasteiger partial charge in [0, 0.05) is 6.08 Å². The number of aryl methyl sites for hydroxylation is 1. The third-order valence-electron chi connectivity index (χ3n) is 3.35. The van der Waals surface area contributed by atoms with Crippen LogP contribution in [0, 0.1) is 5.92 Å². The first-order chi connectivity index (χ1) is 9.89. The van der Waals surface area contributed by atoms with E-state index in [1.165, 1.54) is 6.08 Å². The highest BCUT2D eigenvalue weighted by molar-refractivity contribution is 7.92. The third-order valence-corrected chi connectivity index (χ3v) is 4.79. The van der Waals surface area contributed by atoms with Gasteiger partial charge >= 0.3 is 5.97 Å². The largest absolute Gasteiger partial charge is 0.478 e. The summed E-state index contributed by atoms with van der Waals surface area (Å²) in [6.45, 7) is 1.93. The van der Waals surface area contributed by atoms with Gasteiger partial charge in [-0.2, -0.15) is 0 Å². The monoisotopic (exact) mass is 309 g/mol. The first-order valence-electron chi connectivity index (χ1n) is 6.94. The molecule has 0 aromatic heterocycles. The molecule has 1 saturated carbocycles. The minimum absolute atomic E-state index is 0.177. The normalized spacial score (nSPS) is 15.3. The molecule has 0 amide bonds. The predicted molar refractivity (Wildman–Crippen MR) is 82.6 cm³/mol. The van der Waals surface area contributed by atoms with E-state index in [0.29, 0.717) is 18.0 Å². The van der Waals surface area contributed by atoms with E-state index in [4.69, 9.17) is 5.11 Å². The highest BCUT2D eigenvalue weighted by Crippen LogP contribution is 2.31. The molecule has 1 aromatic rings. The Labute approximate surface area is 124 Å². The summed E-state index contributed by atoms with van der Waals surface area (Å²) in [6.07, 6.45) is 5.19. The molecule has 6 heteroatoms. The number of aliphatic carboxylic acids is 1. The highest BCUT2D eigenvalue weighted by Gasteiger charge is 2.28. The summed E-state index contributed by atoms with van der Waals surface area (Å²) in [5.74, 6) is -0.538. The van der Waals surface area contributed by atoms with Crippen molar-refractivity contribution in [3.05, 3.63) is 35.4 Å². The van der Waals surface area contributed by atoms with E-state index in [2.05, 4.69) is 4.72 Å². The van der Waals surface area contributed by atoms with Crippen LogP contribution in [0.25, 0.3) is 6.08 Å². The maximum Gasteiger partial charge on any atom is 0.328 e. The second kappa shape index (κ2) is 6.30. The second-order valence-electron chi connectivity index (χ2n) is 5.27. The van der Waals surface area contributed by atoms with Crippen molar-refractivity contribution in [1.29, 1.82) is 0 Å². The van der Waals surface area contributed by atoms with Gasteiger partial charge in [-0.15, -0.1) is 0 Å². The molecule has 0 unspecified atom stereocenters. The van der Waals surface area contributed by atoms with Gasteiger partial charge in [-0.25, -0.2) is 13.2 Å². The number of anilines is 1. The predicted octanol–water partition coefficient (Wildman–Crippen LogP) is 2.50. The molecule has 114 valence electrons. The van der Waals surface area contributed by atoms with Gasteiger partial charge < -0.3 is 5.11 Å². The van der Waals surface area contributed by atoms with Crippen LogP contribution in [0.15, 0.2) is 24.3 Å². The lowest BCUT2D eigenvalue weighted by Crippen LogP contribution is -2.18. The maximum absolute atomic E-state index is 12.0. The van der Waals surface area contributed by atoms with Crippen molar-refractivity contribution in [2.75, 3.05) is 10.5 Å². The fourth-order valence-corrected chi connectivity index (χ4v) is 3.65. The molecule has 0 saturated heterocycles. The van der Waals surface area contributed by atoms with E-state index in [-0.39, 0.29) is 5.75 Å². The Bertz CT molecular complexity index is 660. The zero-order chi connectivity index (χ0) is 15.5. The summed E-state index contributed by atoms with van der Waals surface area (Å²) < 4.78 is 26.7. The number of benzene rings is 1. The van der Waals surface area contributed by atoms with E-state index in [0.717, 1.165) is 30.0 Å². The van der Waals surface area contributed by atoms with Crippen LogP contribution in [0.2, 0.25) is 0 Å². The van der Waals surface area contributed by atoms with Gasteiger partial charge in [-0.3, -0.25) is 4.72 Å². The molecular weight excluding hydrogens is 290 g/mol. The van der Waals surface area contributed by atoms with Crippen molar-refractivity contribution in [2.24, 2.45) is 5.92 Å². The summed E-state index contributed by atoms with van der Waals surface area (Å²) in [5.41, 5.74) is 2.16. The molecule has 0 aliphatic heterocycles. The van der Waals surface area contributed by atoms with Crippen molar-refractivity contribution in [2.45, 2.75) is 26.2 Å². The molecule has 0 radical (unpaired) electrons. The number of carboxylic acids is 1. The average molecular weight is 309 g/mol. The standard InChI is InChI=1S/C15H19NO4S/c1-2-13-9-11(6-8-15(17)18)5-7-14(13)16-21(19,20)10-12-3-4-12/h5-9,12,16H,2-4,10H2,1H3,(H,17,18)/b8-6+. The van der Waals surface area contributed by atoms with Gasteiger partial charge in [0.05, 0.1) is 11.4 Å². The van der Waals surface area contributed by atoms with Gasteiger partial charge in [0.25, 0.3) is 0 Å². The molecule has 0 bridgehead atoms. The Kier molecular flexibility index (Phi) is 4.67. The molecule has 5 nitrogen and oxygen atoms in total. The first-order valence-corrected chi connectivity index (χ1v) is 8.59. The van der Waals surface area contributed by atoms with Crippen molar-refractivity contribution in [1.82, 2.24) is 0 Å². The minimum Gasteiger partial charge on any atom is -0.478 e. The fraction of sp³-hybridized carbons (Fsp3) is 0.400. The Morgan fingerprint density at radius 1 is 1.43 bits per heavy atom. The summed E-state index contributed by atoms with van der Waals surface area (Å²) in [6, 6.07) is 5.19. The number of sulfonamides is 1. The van der Waals surface area contributed by atoms with Crippen LogP contribution < -0.4 is 4.72 Å². The van der Waals surface area contributed by atoms with Crippen LogP contribution in [0.5, 0.6) is 0 Å². The molecular formula is C15H19NO4S. The number of carbonyl (C=O) groups is 1. The van der Waals surface area contributed by atoms with Gasteiger partial charge in [-0.1, -0.05) is 13.0 Å². The van der Waals surface area contributed by atoms with Crippen LogP contribution in [-0.2, 0) is 21.2 Å². The SMILES string of the molecule is CCc1cc(/C=C/C(=O)O)ccc1NS(=O)(=O)CC1CC1. The minimum atomic E-state index is -3.30. The fourth-order valence-electron chi connectivity index (χ4n) is 2.08. The molecule has 1 aliphatic rings. The Morgan fingerprint density at radius 2 is 2.14 bits per heavy atom. The molecule has 1 fully saturated rings. The molecule has 0 atom stereocenters. The van der Waals surface area contributed by atoms with Crippen LogP contribution in [0.1, 0.15) is 30.9 Å². The van der Waals surface area contributed by atoms with Crippen molar-refractivity contribution in [3.63, 3.8) is 0 Å². The van der Waals surface area contributed by atoms with E-state index in [1.54, 1.807) is 18.2 Å². The van der Waals surface area contributed by atoms with Crippen molar-refractivity contribution < 1.29 is 18.3 Å². The number of hydrogen-bond donors (Lipinski definition) is 2. The van der Waals surface area contributed by atoms with Crippen molar-refractivity contribution >= 4 is 27.8 Å². The van der Waals surface area contributed by atoms with Crippen LogP contribution in [0.3, 0.4) is 0 Å². The lowest BCUT2D eigenvalue weighted by molar-refractivity contribution is -0.131. The van der Waals surface area contributed by atoms with Crippen molar-refractivity contribution in [3.8, 4) is 0 Å². The zero-order valence-electron chi connectivity index (χ0n) is 11.9. The van der Waals surface area contributed by atoms with E-state index < -0.39 is 16.0 Å². The van der Waals surface area contributed by atoms with Gasteiger partial charge in [0.2, 0.25) is 10.0 Å².